The van der Waals surface area contributed by atoms with Crippen LogP contribution in [0.15, 0.2) is 12.2 Å². The topological polar surface area (TPSA) is 59.0 Å². The van der Waals surface area contributed by atoms with Crippen molar-refractivity contribution in [2.75, 3.05) is 19.8 Å². The molecule has 5 nitrogen and oxygen atoms in total. The first-order chi connectivity index (χ1) is 8.50. The van der Waals surface area contributed by atoms with Gasteiger partial charge in [0, 0.05) is 0 Å². The van der Waals surface area contributed by atoms with Gasteiger partial charge in [-0.25, -0.2) is 4.79 Å². The normalized spacial score (nSPS) is 31.3. The summed E-state index contributed by atoms with van der Waals surface area (Å²) >= 11 is 0. The van der Waals surface area contributed by atoms with Crippen molar-refractivity contribution >= 4 is 6.09 Å². The molecule has 1 saturated heterocycles. The molecule has 1 unspecified atom stereocenters. The van der Waals surface area contributed by atoms with Gasteiger partial charge in [0.1, 0.15) is 5.72 Å². The van der Waals surface area contributed by atoms with Gasteiger partial charge in [0.05, 0.1) is 25.9 Å². The lowest BCUT2D eigenvalue weighted by atomic mass is 9.97. The highest BCUT2D eigenvalue weighted by molar-refractivity contribution is 5.66. The minimum absolute atomic E-state index is 0.0717. The van der Waals surface area contributed by atoms with Crippen molar-refractivity contribution in [2.45, 2.75) is 38.5 Å². The molecule has 0 aromatic rings. The summed E-state index contributed by atoms with van der Waals surface area (Å²) in [5, 5.41) is 9.31. The third-order valence-electron chi connectivity index (χ3n) is 3.59. The van der Waals surface area contributed by atoms with E-state index in [0.717, 1.165) is 12.8 Å². The smallest absolute Gasteiger partial charge is 0.409 e. The van der Waals surface area contributed by atoms with E-state index >= 15 is 0 Å². The van der Waals surface area contributed by atoms with Crippen LogP contribution in [-0.4, -0.2) is 47.7 Å². The first-order valence-corrected chi connectivity index (χ1v) is 6.39. The van der Waals surface area contributed by atoms with Crippen molar-refractivity contribution in [2.24, 2.45) is 5.92 Å². The molecule has 0 aliphatic carbocycles. The van der Waals surface area contributed by atoms with Crippen LogP contribution in [-0.2, 0) is 9.47 Å². The molecule has 1 fully saturated rings. The van der Waals surface area contributed by atoms with Gasteiger partial charge < -0.3 is 14.6 Å². The Morgan fingerprint density at radius 3 is 2.94 bits per heavy atom. The highest BCUT2D eigenvalue weighted by Gasteiger charge is 2.44. The van der Waals surface area contributed by atoms with Crippen molar-refractivity contribution < 1.29 is 19.4 Å². The first-order valence-electron chi connectivity index (χ1n) is 6.39. The van der Waals surface area contributed by atoms with E-state index in [1.54, 1.807) is 13.8 Å². The van der Waals surface area contributed by atoms with Crippen LogP contribution in [0.1, 0.15) is 26.7 Å². The van der Waals surface area contributed by atoms with Gasteiger partial charge in [0.25, 0.3) is 0 Å². The Kier molecular flexibility index (Phi) is 3.92. The average molecular weight is 255 g/mol. The Morgan fingerprint density at radius 1 is 1.44 bits per heavy atom. The minimum atomic E-state index is -0.910. The van der Waals surface area contributed by atoms with E-state index in [1.165, 1.54) is 4.90 Å². The van der Waals surface area contributed by atoms with Crippen molar-refractivity contribution in [1.29, 1.82) is 0 Å². The zero-order chi connectivity index (χ0) is 13.2. The molecule has 2 heterocycles. The maximum atomic E-state index is 11.3. The van der Waals surface area contributed by atoms with Crippen LogP contribution in [0, 0.1) is 5.92 Å². The molecule has 0 spiro atoms. The van der Waals surface area contributed by atoms with Crippen LogP contribution in [0.4, 0.5) is 4.79 Å². The maximum absolute atomic E-state index is 11.3. The summed E-state index contributed by atoms with van der Waals surface area (Å²) in [5.41, 5.74) is -0.724. The number of ether oxygens (including phenoxy) is 2. The van der Waals surface area contributed by atoms with Crippen molar-refractivity contribution in [1.82, 2.24) is 4.90 Å². The molecule has 0 aromatic carbocycles. The van der Waals surface area contributed by atoms with E-state index in [0.29, 0.717) is 25.7 Å². The molecule has 2 aliphatic rings. The largest absolute Gasteiger partial charge is 0.465 e. The molecule has 1 amide bonds. The van der Waals surface area contributed by atoms with Gasteiger partial charge in [-0.2, -0.15) is 0 Å². The Hall–Kier alpha value is -1.07. The lowest BCUT2D eigenvalue weighted by Gasteiger charge is -2.32. The lowest BCUT2D eigenvalue weighted by molar-refractivity contribution is -0.0427. The third-order valence-corrected chi connectivity index (χ3v) is 3.59. The number of rotatable bonds is 2. The van der Waals surface area contributed by atoms with Crippen LogP contribution in [0.5, 0.6) is 0 Å². The lowest BCUT2D eigenvalue weighted by Crippen LogP contribution is -2.47. The molecule has 102 valence electrons. The number of hydrogen-bond acceptors (Lipinski definition) is 3. The second-order valence-electron chi connectivity index (χ2n) is 5.41. The fourth-order valence-corrected chi connectivity index (χ4v) is 2.72. The molecular formula is C13H21NO4. The highest BCUT2D eigenvalue weighted by atomic mass is 16.5. The molecule has 0 bridgehead atoms. The molecule has 2 aliphatic heterocycles. The number of allylic oxidation sites excluding steroid dienone is 1. The van der Waals surface area contributed by atoms with Gasteiger partial charge in [-0.1, -0.05) is 12.2 Å². The van der Waals surface area contributed by atoms with E-state index in [4.69, 9.17) is 9.47 Å². The van der Waals surface area contributed by atoms with Crippen molar-refractivity contribution in [3.8, 4) is 0 Å². The predicted octanol–water partition coefficient (Wildman–Crippen LogP) is 2.08. The molecule has 18 heavy (non-hydrogen) atoms. The Balaban J connectivity index is 2.00. The molecule has 0 saturated carbocycles. The van der Waals surface area contributed by atoms with E-state index in [9.17, 15) is 9.90 Å². The van der Waals surface area contributed by atoms with Gasteiger partial charge in [0.15, 0.2) is 0 Å². The second-order valence-corrected chi connectivity index (χ2v) is 5.41. The fraction of sp³-hybridized carbons (Fsp3) is 0.769. The summed E-state index contributed by atoms with van der Waals surface area (Å²) in [4.78, 5) is 12.8. The van der Waals surface area contributed by atoms with E-state index in [-0.39, 0.29) is 6.04 Å². The molecule has 0 aromatic heterocycles. The Bertz CT molecular complexity index is 340. The van der Waals surface area contributed by atoms with Crippen LogP contribution < -0.4 is 0 Å². The van der Waals surface area contributed by atoms with Gasteiger partial charge in [-0.3, -0.25) is 4.90 Å². The molecular weight excluding hydrogens is 234 g/mol. The minimum Gasteiger partial charge on any atom is -0.465 e. The molecule has 0 radical (unpaired) electrons. The average Bonchev–Trinajstić information content (AvgIpc) is 2.49. The predicted molar refractivity (Wildman–Crippen MR) is 66.4 cm³/mol. The summed E-state index contributed by atoms with van der Waals surface area (Å²) in [6.07, 6.45) is 4.96. The zero-order valence-electron chi connectivity index (χ0n) is 11.0. The van der Waals surface area contributed by atoms with Crippen molar-refractivity contribution in [3.05, 3.63) is 12.2 Å². The van der Waals surface area contributed by atoms with E-state index in [2.05, 4.69) is 6.08 Å². The number of carboxylic acid groups (broad SMARTS) is 1. The summed E-state index contributed by atoms with van der Waals surface area (Å²) in [5.74, 6) is 0.369. The maximum Gasteiger partial charge on any atom is 0.409 e. The monoisotopic (exact) mass is 255 g/mol. The van der Waals surface area contributed by atoms with Crippen LogP contribution in [0.2, 0.25) is 0 Å². The summed E-state index contributed by atoms with van der Waals surface area (Å²) in [6, 6.07) is -0.0717. The fourth-order valence-electron chi connectivity index (χ4n) is 2.72. The summed E-state index contributed by atoms with van der Waals surface area (Å²) in [6.45, 7) is 5.41. The zero-order valence-corrected chi connectivity index (χ0v) is 11.0. The van der Waals surface area contributed by atoms with Crippen LogP contribution in [0.25, 0.3) is 0 Å². The number of hydrogen-bond donors (Lipinski definition) is 1. The van der Waals surface area contributed by atoms with Gasteiger partial charge in [0.2, 0.25) is 0 Å². The van der Waals surface area contributed by atoms with Crippen LogP contribution >= 0.6 is 0 Å². The standard InChI is InChI=1S/C13H21NO4/c1-13(2)14(12(15)16)11(9-18-13)7-10-5-3-4-6-17-8-10/h3-4,10-11H,5-9H2,1-2H3,(H,15,16)/t10-,11?/m1/s1. The number of carbonyl (C=O) groups is 1. The summed E-state index contributed by atoms with van der Waals surface area (Å²) in [7, 11) is 0. The molecule has 1 N–H and O–H groups in total. The van der Waals surface area contributed by atoms with Crippen LogP contribution in [0.3, 0.4) is 0 Å². The van der Waals surface area contributed by atoms with E-state index in [1.807, 2.05) is 6.08 Å². The number of amides is 1. The second kappa shape index (κ2) is 5.28. The summed E-state index contributed by atoms with van der Waals surface area (Å²) < 4.78 is 11.1. The van der Waals surface area contributed by atoms with E-state index < -0.39 is 11.8 Å². The molecule has 5 heteroatoms. The van der Waals surface area contributed by atoms with Gasteiger partial charge >= 0.3 is 6.09 Å². The Morgan fingerprint density at radius 2 is 2.22 bits per heavy atom. The first kappa shape index (κ1) is 13.4. The van der Waals surface area contributed by atoms with Gasteiger partial charge in [-0.15, -0.1) is 0 Å². The molecule has 2 atom stereocenters. The third kappa shape index (κ3) is 2.84. The van der Waals surface area contributed by atoms with Gasteiger partial charge in [-0.05, 0) is 32.6 Å². The quantitative estimate of drug-likeness (QED) is 0.767. The highest BCUT2D eigenvalue weighted by Crippen LogP contribution is 2.31. The Labute approximate surface area is 107 Å². The van der Waals surface area contributed by atoms with Crippen molar-refractivity contribution in [3.63, 3.8) is 0 Å². The number of nitrogens with zero attached hydrogens (tertiary/aromatic N) is 1. The molecule has 2 rings (SSSR count). The SMILES string of the molecule is CC1(C)OCC(C[C@H]2CC=CCOC2)N1C(=O)O.